The standard InChI is InChI=1S/C20H19ClN2O4S2/c1-15-5-8-19(28(24,25)18-9-6-16(21)7-10-18)14-20(15)29(26,27)23-13-11-17-4-2-3-12-22-17/h2-10,12,14,23H,11,13H2,1H3. The van der Waals surface area contributed by atoms with Crippen LogP contribution >= 0.6 is 11.6 Å². The van der Waals surface area contributed by atoms with Crippen molar-refractivity contribution in [3.05, 3.63) is 83.1 Å². The molecule has 0 unspecified atom stereocenters. The van der Waals surface area contributed by atoms with Gasteiger partial charge in [-0.2, -0.15) is 0 Å². The van der Waals surface area contributed by atoms with E-state index in [-0.39, 0.29) is 21.2 Å². The summed E-state index contributed by atoms with van der Waals surface area (Å²) >= 11 is 5.82. The molecule has 1 heterocycles. The fourth-order valence-electron chi connectivity index (χ4n) is 2.72. The van der Waals surface area contributed by atoms with E-state index in [0.29, 0.717) is 17.0 Å². The number of pyridine rings is 1. The number of sulfonamides is 1. The summed E-state index contributed by atoms with van der Waals surface area (Å²) in [7, 11) is -7.78. The number of nitrogens with zero attached hydrogens (tertiary/aromatic N) is 1. The number of halogens is 1. The summed E-state index contributed by atoms with van der Waals surface area (Å²) in [6, 6.07) is 15.2. The first kappa shape index (κ1) is 21.4. The molecule has 0 fully saturated rings. The molecule has 0 aliphatic heterocycles. The smallest absolute Gasteiger partial charge is 0.240 e. The van der Waals surface area contributed by atoms with Crippen molar-refractivity contribution < 1.29 is 16.8 Å². The molecule has 0 atom stereocenters. The van der Waals surface area contributed by atoms with Gasteiger partial charge in [-0.1, -0.05) is 23.7 Å². The maximum absolute atomic E-state index is 12.9. The Morgan fingerprint density at radius 1 is 0.931 bits per heavy atom. The Labute approximate surface area is 175 Å². The quantitative estimate of drug-likeness (QED) is 0.595. The van der Waals surface area contributed by atoms with E-state index in [0.717, 1.165) is 5.69 Å². The summed E-state index contributed by atoms with van der Waals surface area (Å²) in [5.41, 5.74) is 1.20. The SMILES string of the molecule is Cc1ccc(S(=O)(=O)c2ccc(Cl)cc2)cc1S(=O)(=O)NCCc1ccccn1. The van der Waals surface area contributed by atoms with Gasteiger partial charge in [0.15, 0.2) is 0 Å². The normalized spacial score (nSPS) is 12.1. The molecular weight excluding hydrogens is 432 g/mol. The third-order valence-electron chi connectivity index (χ3n) is 4.28. The summed E-state index contributed by atoms with van der Waals surface area (Å²) in [4.78, 5) is 4.01. The average molecular weight is 451 g/mol. The van der Waals surface area contributed by atoms with Gasteiger partial charge in [0.05, 0.1) is 14.7 Å². The van der Waals surface area contributed by atoms with E-state index in [2.05, 4.69) is 9.71 Å². The van der Waals surface area contributed by atoms with Crippen LogP contribution in [-0.2, 0) is 26.3 Å². The molecule has 0 spiro atoms. The maximum atomic E-state index is 12.9. The second-order valence-corrected chi connectivity index (χ2v) is 10.5. The number of hydrogen-bond donors (Lipinski definition) is 1. The Bertz CT molecular complexity index is 1210. The Morgan fingerprint density at radius 2 is 1.62 bits per heavy atom. The summed E-state index contributed by atoms with van der Waals surface area (Å²) < 4.78 is 53.8. The molecule has 29 heavy (non-hydrogen) atoms. The van der Waals surface area contributed by atoms with Gasteiger partial charge in [0, 0.05) is 29.9 Å². The van der Waals surface area contributed by atoms with Crippen molar-refractivity contribution in [2.24, 2.45) is 0 Å². The van der Waals surface area contributed by atoms with Crippen LogP contribution in [0.2, 0.25) is 5.02 Å². The molecular formula is C20H19ClN2O4S2. The van der Waals surface area contributed by atoms with Gasteiger partial charge < -0.3 is 0 Å². The predicted octanol–water partition coefficient (Wildman–Crippen LogP) is 3.40. The third-order valence-corrected chi connectivity index (χ3v) is 7.91. The van der Waals surface area contributed by atoms with Crippen LogP contribution in [0.3, 0.4) is 0 Å². The summed E-state index contributed by atoms with van der Waals surface area (Å²) in [6.07, 6.45) is 2.06. The van der Waals surface area contributed by atoms with Gasteiger partial charge >= 0.3 is 0 Å². The number of hydrogen-bond acceptors (Lipinski definition) is 5. The molecule has 0 saturated heterocycles. The van der Waals surface area contributed by atoms with Crippen molar-refractivity contribution in [3.8, 4) is 0 Å². The summed E-state index contributed by atoms with van der Waals surface area (Å²) in [5.74, 6) is 0. The van der Waals surface area contributed by atoms with Crippen LogP contribution in [-0.4, -0.2) is 28.4 Å². The van der Waals surface area contributed by atoms with Gasteiger partial charge in [-0.3, -0.25) is 4.98 Å². The Balaban J connectivity index is 1.87. The minimum Gasteiger partial charge on any atom is -0.261 e. The van der Waals surface area contributed by atoms with E-state index in [9.17, 15) is 16.8 Å². The van der Waals surface area contributed by atoms with Crippen molar-refractivity contribution in [3.63, 3.8) is 0 Å². The molecule has 9 heteroatoms. The van der Waals surface area contributed by atoms with Crippen LogP contribution in [0.25, 0.3) is 0 Å². The fourth-order valence-corrected chi connectivity index (χ4v) is 5.51. The van der Waals surface area contributed by atoms with Crippen molar-refractivity contribution in [1.29, 1.82) is 0 Å². The van der Waals surface area contributed by atoms with Gasteiger partial charge in [-0.25, -0.2) is 21.6 Å². The lowest BCUT2D eigenvalue weighted by molar-refractivity contribution is 0.580. The minimum atomic E-state index is -3.90. The highest BCUT2D eigenvalue weighted by Crippen LogP contribution is 2.26. The second kappa shape index (κ2) is 8.62. The van der Waals surface area contributed by atoms with Gasteiger partial charge in [-0.05, 0) is 61.0 Å². The van der Waals surface area contributed by atoms with E-state index < -0.39 is 19.9 Å². The molecule has 0 aliphatic rings. The average Bonchev–Trinajstić information content (AvgIpc) is 2.69. The van der Waals surface area contributed by atoms with Crippen LogP contribution in [0.4, 0.5) is 0 Å². The van der Waals surface area contributed by atoms with Gasteiger partial charge in [0.1, 0.15) is 0 Å². The van der Waals surface area contributed by atoms with E-state index >= 15 is 0 Å². The zero-order valence-corrected chi connectivity index (χ0v) is 17.9. The molecule has 6 nitrogen and oxygen atoms in total. The molecule has 0 aliphatic carbocycles. The zero-order chi connectivity index (χ0) is 21.1. The number of sulfone groups is 1. The van der Waals surface area contributed by atoms with Crippen molar-refractivity contribution >= 4 is 31.5 Å². The molecule has 2 aromatic carbocycles. The first-order chi connectivity index (χ1) is 13.7. The predicted molar refractivity (Wildman–Crippen MR) is 111 cm³/mol. The molecule has 0 bridgehead atoms. The lowest BCUT2D eigenvalue weighted by atomic mass is 10.2. The maximum Gasteiger partial charge on any atom is 0.240 e. The molecule has 1 N–H and O–H groups in total. The number of aryl methyl sites for hydroxylation is 1. The fraction of sp³-hybridized carbons (Fsp3) is 0.150. The summed E-state index contributed by atoms with van der Waals surface area (Å²) in [6.45, 7) is 1.76. The molecule has 0 amide bonds. The van der Waals surface area contributed by atoms with Crippen LogP contribution in [0.5, 0.6) is 0 Å². The monoisotopic (exact) mass is 450 g/mol. The Kier molecular flexibility index (Phi) is 6.38. The Hall–Kier alpha value is -2.26. The molecule has 1 aromatic heterocycles. The number of aromatic nitrogens is 1. The van der Waals surface area contributed by atoms with Gasteiger partial charge in [0.25, 0.3) is 0 Å². The molecule has 3 aromatic rings. The van der Waals surface area contributed by atoms with E-state index in [1.165, 1.54) is 42.5 Å². The first-order valence-electron chi connectivity index (χ1n) is 8.71. The molecule has 0 saturated carbocycles. The highest BCUT2D eigenvalue weighted by atomic mass is 35.5. The van der Waals surface area contributed by atoms with Crippen molar-refractivity contribution in [2.45, 2.75) is 28.0 Å². The largest absolute Gasteiger partial charge is 0.261 e. The van der Waals surface area contributed by atoms with Crippen LogP contribution in [0.15, 0.2) is 81.5 Å². The highest BCUT2D eigenvalue weighted by molar-refractivity contribution is 7.91. The topological polar surface area (TPSA) is 93.2 Å². The van der Waals surface area contributed by atoms with E-state index in [1.807, 2.05) is 6.07 Å². The van der Waals surface area contributed by atoms with Crippen LogP contribution < -0.4 is 4.72 Å². The zero-order valence-electron chi connectivity index (χ0n) is 15.5. The molecule has 3 rings (SSSR count). The van der Waals surface area contributed by atoms with Crippen LogP contribution in [0.1, 0.15) is 11.3 Å². The Morgan fingerprint density at radius 3 is 2.28 bits per heavy atom. The lowest BCUT2D eigenvalue weighted by Gasteiger charge is -2.12. The van der Waals surface area contributed by atoms with Crippen molar-refractivity contribution in [2.75, 3.05) is 6.54 Å². The van der Waals surface area contributed by atoms with Gasteiger partial charge in [-0.15, -0.1) is 0 Å². The second-order valence-electron chi connectivity index (χ2n) is 6.35. The number of nitrogens with one attached hydrogen (secondary N) is 1. The molecule has 0 radical (unpaired) electrons. The lowest BCUT2D eigenvalue weighted by Crippen LogP contribution is -2.27. The van der Waals surface area contributed by atoms with E-state index in [1.54, 1.807) is 25.3 Å². The minimum absolute atomic E-state index is 0.0391. The van der Waals surface area contributed by atoms with Crippen LogP contribution in [0, 0.1) is 6.92 Å². The summed E-state index contributed by atoms with van der Waals surface area (Å²) in [5, 5.41) is 0.410. The first-order valence-corrected chi connectivity index (χ1v) is 12.1. The number of rotatable bonds is 7. The van der Waals surface area contributed by atoms with E-state index in [4.69, 9.17) is 11.6 Å². The van der Waals surface area contributed by atoms with Gasteiger partial charge in [0.2, 0.25) is 19.9 Å². The van der Waals surface area contributed by atoms with Crippen molar-refractivity contribution in [1.82, 2.24) is 9.71 Å². The molecule has 152 valence electrons. The number of benzene rings is 2. The third kappa shape index (κ3) is 5.02. The highest BCUT2D eigenvalue weighted by Gasteiger charge is 2.23.